The van der Waals surface area contributed by atoms with E-state index in [4.69, 9.17) is 47.4 Å². The maximum Gasteiger partial charge on any atom is 0.364 e. The van der Waals surface area contributed by atoms with Crippen molar-refractivity contribution in [2.24, 2.45) is 0 Å². The third kappa shape index (κ3) is 16.9. The molecule has 0 unspecified atom stereocenters. The summed E-state index contributed by atoms with van der Waals surface area (Å²) in [5.74, 6) is -8.35. The van der Waals surface area contributed by atoms with Crippen LogP contribution in [0.4, 0.5) is 0 Å². The quantitative estimate of drug-likeness (QED) is 0.0363. The monoisotopic (exact) mass is 1240 g/mol. The van der Waals surface area contributed by atoms with Gasteiger partial charge >= 0.3 is 5.97 Å². The van der Waals surface area contributed by atoms with Gasteiger partial charge in [0.1, 0.15) is 134 Å². The first kappa shape index (κ1) is 72.0. The molecule has 0 aromatic carbocycles. The SMILES string of the molecule is CC(=O)N[C@H]1[C@H](O[C@H]2[C@@H](O)[C@@H](CO)O[C@@H](O[C@H]3[C@H](O)[C@@H](NC(C)=O)[C@H](O[C@@H]([C@@H](O)[C@H](O)CO)[C@H](CO)NC(C)=O)O[C@@H]3CO)[C@@H]2O)O[C@H](CO)[C@@H](O[C@@H]2O[C@H](CO[C@]3(C(=O)O)C[C@H](O)[C@@H](NC(C)=O)[C@H]([C@H](O)[C@H](O)CO)O3)[C@H](O)[C@H](O)[C@H]2O)[C@@H]1O. The second-order valence-corrected chi connectivity index (χ2v) is 20.9. The summed E-state index contributed by atoms with van der Waals surface area (Å²) in [7, 11) is 0. The first-order chi connectivity index (χ1) is 39.9. The van der Waals surface area contributed by atoms with Crippen molar-refractivity contribution in [1.82, 2.24) is 21.3 Å². The molecule has 0 spiro atoms. The van der Waals surface area contributed by atoms with E-state index in [-0.39, 0.29) is 0 Å². The minimum Gasteiger partial charge on any atom is -0.477 e. The van der Waals surface area contributed by atoms with Gasteiger partial charge in [0.05, 0.1) is 64.4 Å². The molecule has 4 amide bonds. The number of nitrogens with one attached hydrogen (secondary N) is 4. The smallest absolute Gasteiger partial charge is 0.364 e. The fraction of sp³-hybridized carbons (Fsp3) is 0.894. The summed E-state index contributed by atoms with van der Waals surface area (Å²) >= 11 is 0. The van der Waals surface area contributed by atoms with Crippen LogP contribution < -0.4 is 21.3 Å². The Morgan fingerprint density at radius 3 is 1.47 bits per heavy atom. The van der Waals surface area contributed by atoms with Gasteiger partial charge in [-0.05, 0) is 0 Å². The van der Waals surface area contributed by atoms with Gasteiger partial charge in [0.15, 0.2) is 25.2 Å². The molecule has 85 heavy (non-hydrogen) atoms. The van der Waals surface area contributed by atoms with Crippen LogP contribution in [0, 0.1) is 0 Å². The van der Waals surface area contributed by atoms with E-state index in [2.05, 4.69) is 21.3 Å². The molecule has 38 nitrogen and oxygen atoms in total. The van der Waals surface area contributed by atoms with Crippen molar-refractivity contribution >= 4 is 29.6 Å². The molecule has 30 atom stereocenters. The van der Waals surface area contributed by atoms with Gasteiger partial charge in [-0.1, -0.05) is 0 Å². The Hall–Kier alpha value is -3.77. The fourth-order valence-corrected chi connectivity index (χ4v) is 10.3. The molecule has 5 saturated heterocycles. The molecule has 492 valence electrons. The zero-order chi connectivity index (χ0) is 63.7. The maximum absolute atomic E-state index is 12.8. The molecular formula is C47H80N4O34. The molecule has 0 aromatic heterocycles. The van der Waals surface area contributed by atoms with Crippen molar-refractivity contribution < 1.29 is 168 Å². The Labute approximate surface area is 482 Å². The van der Waals surface area contributed by atoms with Crippen molar-refractivity contribution in [2.45, 2.75) is 217 Å². The van der Waals surface area contributed by atoms with Gasteiger partial charge in [0, 0.05) is 34.1 Å². The number of ether oxygens (including phenoxy) is 10. The van der Waals surface area contributed by atoms with Gasteiger partial charge in [-0.15, -0.1) is 0 Å². The van der Waals surface area contributed by atoms with Crippen molar-refractivity contribution in [3.63, 3.8) is 0 Å². The fourth-order valence-electron chi connectivity index (χ4n) is 10.3. The van der Waals surface area contributed by atoms with Crippen LogP contribution in [0.1, 0.15) is 34.1 Å². The summed E-state index contributed by atoms with van der Waals surface area (Å²) in [5.41, 5.74) is 0. The Kier molecular flexibility index (Phi) is 26.8. The Bertz CT molecular complexity index is 2160. The highest BCUT2D eigenvalue weighted by molar-refractivity contribution is 5.77. The lowest BCUT2D eigenvalue weighted by Crippen LogP contribution is -2.70. The van der Waals surface area contributed by atoms with E-state index in [0.29, 0.717) is 0 Å². The van der Waals surface area contributed by atoms with Crippen molar-refractivity contribution in [3.05, 3.63) is 0 Å². The predicted molar refractivity (Wildman–Crippen MR) is 265 cm³/mol. The van der Waals surface area contributed by atoms with Crippen LogP contribution in [0.5, 0.6) is 0 Å². The number of rotatable bonds is 27. The van der Waals surface area contributed by atoms with Crippen LogP contribution >= 0.6 is 0 Å². The summed E-state index contributed by atoms with van der Waals surface area (Å²) in [6, 6.07) is -6.84. The van der Waals surface area contributed by atoms with Gasteiger partial charge in [-0.25, -0.2) is 4.79 Å². The van der Waals surface area contributed by atoms with Crippen LogP contribution in [0.25, 0.3) is 0 Å². The Morgan fingerprint density at radius 2 is 0.988 bits per heavy atom. The maximum atomic E-state index is 12.8. The molecule has 0 radical (unpaired) electrons. The lowest BCUT2D eigenvalue weighted by atomic mass is 9.88. The molecule has 0 aliphatic carbocycles. The van der Waals surface area contributed by atoms with E-state index >= 15 is 0 Å². The first-order valence-corrected chi connectivity index (χ1v) is 26.6. The lowest BCUT2D eigenvalue weighted by Gasteiger charge is -2.50. The summed E-state index contributed by atoms with van der Waals surface area (Å²) in [4.78, 5) is 62.0. The topological polar surface area (TPSA) is 610 Å². The number of hydrogen-bond acceptors (Lipinski definition) is 33. The number of aliphatic carboxylic acids is 1. The lowest BCUT2D eigenvalue weighted by molar-refractivity contribution is -0.380. The highest BCUT2D eigenvalue weighted by Crippen LogP contribution is 2.38. The largest absolute Gasteiger partial charge is 0.477 e. The molecule has 38 heteroatoms. The van der Waals surface area contributed by atoms with Gasteiger partial charge in [0.2, 0.25) is 23.6 Å². The third-order valence-electron chi connectivity index (χ3n) is 14.7. The predicted octanol–water partition coefficient (Wildman–Crippen LogP) is -14.7. The molecule has 5 aliphatic heterocycles. The van der Waals surface area contributed by atoms with E-state index in [1.807, 2.05) is 0 Å². The van der Waals surface area contributed by atoms with E-state index < -0.39 is 266 Å². The minimum absolute atomic E-state index is 0.769. The minimum atomic E-state index is -3.00. The Balaban J connectivity index is 1.38. The van der Waals surface area contributed by atoms with E-state index in [1.165, 1.54) is 0 Å². The summed E-state index contributed by atoms with van der Waals surface area (Å²) in [6.07, 6.45) is -52.2. The summed E-state index contributed by atoms with van der Waals surface area (Å²) < 4.78 is 57.7. The number of amides is 4. The standard InChI is InChI=1S/C47H80N4O34/c1-13(58)48-17(6-52)37(28(65)19(63)7-53)81-42-26(50-15(3)60)32(69)39(23(11-57)78-42)83-45-36(73)41(31(68)21(9-55)77-45)84-43-27(51-16(4)61)33(70)38(22(10-56)79-43)82-44-35(72)34(71)30(67)24(80-44)12-76-47(46(74)75)5-18(62)25(49-14(2)59)40(85-47)29(66)20(64)8-54/h17-45,52-57,62-73H,5-12H2,1-4H3,(H,48,58)(H,49,59)(H,50,60)(H,51,61)(H,74,75)/t17-,18-,19+,20+,21+,22+,23+,24+,25+,26+,27+,28-,29+,30-,31-,32+,33+,34-,35+,36+,37+,38+,39+,40+,41-,42-,43-,44-,45-,47+/m0/s1. The number of carboxylic acids is 1. The number of carboxylic acid groups (broad SMARTS) is 1. The van der Waals surface area contributed by atoms with Gasteiger partial charge in [0.25, 0.3) is 5.79 Å². The molecule has 5 aliphatic rings. The Morgan fingerprint density at radius 1 is 0.518 bits per heavy atom. The van der Waals surface area contributed by atoms with Gasteiger partial charge in [-0.2, -0.15) is 0 Å². The van der Waals surface area contributed by atoms with Crippen LogP contribution in [0.15, 0.2) is 0 Å². The van der Waals surface area contributed by atoms with Crippen molar-refractivity contribution in [3.8, 4) is 0 Å². The number of hydrogen-bond donors (Lipinski definition) is 23. The van der Waals surface area contributed by atoms with Crippen LogP contribution in [0.3, 0.4) is 0 Å². The second-order valence-electron chi connectivity index (χ2n) is 20.9. The van der Waals surface area contributed by atoms with Crippen LogP contribution in [-0.2, 0) is 71.3 Å². The zero-order valence-electron chi connectivity index (χ0n) is 46.0. The average Bonchev–Trinajstić information content (AvgIpc) is 2.51. The van der Waals surface area contributed by atoms with Gasteiger partial charge < -0.3 is 166 Å². The molecule has 0 bridgehead atoms. The summed E-state index contributed by atoms with van der Waals surface area (Å²) in [5, 5.41) is 213. The highest BCUT2D eigenvalue weighted by Gasteiger charge is 2.59. The molecule has 5 heterocycles. The van der Waals surface area contributed by atoms with E-state index in [1.54, 1.807) is 0 Å². The molecule has 0 aromatic rings. The molecule has 0 saturated carbocycles. The van der Waals surface area contributed by atoms with E-state index in [9.17, 15) is 121 Å². The highest BCUT2D eigenvalue weighted by atomic mass is 16.8. The molecular weight excluding hydrogens is 1160 g/mol. The average molecular weight is 1250 g/mol. The van der Waals surface area contributed by atoms with E-state index in [0.717, 1.165) is 27.7 Å². The van der Waals surface area contributed by atoms with Crippen LogP contribution in [-0.4, -0.2) is 356 Å². The second kappa shape index (κ2) is 31.6. The number of carbonyl (C=O) groups is 5. The molecule has 5 fully saturated rings. The van der Waals surface area contributed by atoms with Crippen LogP contribution in [0.2, 0.25) is 0 Å². The number of aliphatic hydroxyl groups is 18. The zero-order valence-corrected chi connectivity index (χ0v) is 46.0. The van der Waals surface area contributed by atoms with Crippen molar-refractivity contribution in [2.75, 3.05) is 46.2 Å². The molecule has 5 rings (SSSR count). The number of carbonyl (C=O) groups excluding carboxylic acids is 4. The molecule has 23 N–H and O–H groups in total. The normalized spacial score (nSPS) is 41.0. The first-order valence-electron chi connectivity index (χ1n) is 26.6. The summed E-state index contributed by atoms with van der Waals surface area (Å²) in [6.45, 7) is -3.61. The number of aliphatic hydroxyl groups excluding tert-OH is 18. The third-order valence-corrected chi connectivity index (χ3v) is 14.7. The van der Waals surface area contributed by atoms with Crippen molar-refractivity contribution in [1.29, 1.82) is 0 Å². The van der Waals surface area contributed by atoms with Gasteiger partial charge in [-0.3, -0.25) is 19.2 Å².